The van der Waals surface area contributed by atoms with Crippen molar-refractivity contribution in [2.75, 3.05) is 0 Å². The van der Waals surface area contributed by atoms with Crippen molar-refractivity contribution in [3.05, 3.63) is 0 Å². The molecule has 0 aliphatic rings. The van der Waals surface area contributed by atoms with Crippen LogP contribution in [0.2, 0.25) is 0 Å². The van der Waals surface area contributed by atoms with Crippen molar-refractivity contribution in [2.24, 2.45) is 5.41 Å². The molecular formula is C10H15F6NO2. The minimum Gasteiger partial charge on any atom is -0.446 e. The van der Waals surface area contributed by atoms with Gasteiger partial charge in [0.2, 0.25) is 6.04 Å². The number of halogens is 6. The molecule has 1 unspecified atom stereocenters. The average molecular weight is 295 g/mol. The van der Waals surface area contributed by atoms with E-state index in [1.54, 1.807) is 20.8 Å². The number of alkyl carbamates (subject to hydrolysis) is 1. The second-order valence-electron chi connectivity index (χ2n) is 5.07. The normalized spacial score (nSPS) is 15.3. The highest BCUT2D eigenvalue weighted by Gasteiger charge is 2.58. The smallest absolute Gasteiger partial charge is 0.417 e. The molecule has 0 rings (SSSR count). The molecule has 0 heterocycles. The van der Waals surface area contributed by atoms with Crippen molar-refractivity contribution in [3.63, 3.8) is 0 Å². The Bertz CT molecular complexity index is 303. The van der Waals surface area contributed by atoms with Gasteiger partial charge in [-0.05, 0) is 12.3 Å². The molecule has 19 heavy (non-hydrogen) atoms. The molecule has 9 heteroatoms. The summed E-state index contributed by atoms with van der Waals surface area (Å²) < 4.78 is 77.4. The van der Waals surface area contributed by atoms with Gasteiger partial charge in [-0.25, -0.2) is 4.79 Å². The Kier molecular flexibility index (Phi) is 5.13. The van der Waals surface area contributed by atoms with E-state index in [4.69, 9.17) is 0 Å². The molecule has 0 bridgehead atoms. The molecule has 1 N–H and O–H groups in total. The minimum atomic E-state index is -5.64. The molecule has 0 fully saturated rings. The zero-order valence-corrected chi connectivity index (χ0v) is 10.7. The first-order valence-corrected chi connectivity index (χ1v) is 5.26. The van der Waals surface area contributed by atoms with Crippen LogP contribution < -0.4 is 5.32 Å². The zero-order chi connectivity index (χ0) is 15.6. The Labute approximate surface area is 106 Å². The highest BCUT2D eigenvalue weighted by atomic mass is 19.4. The Balaban J connectivity index is 4.77. The topological polar surface area (TPSA) is 38.3 Å². The second-order valence-corrected chi connectivity index (χ2v) is 5.07. The summed E-state index contributed by atoms with van der Waals surface area (Å²) in [6.45, 7) is 6.23. The first kappa shape index (κ1) is 17.8. The first-order chi connectivity index (χ1) is 8.15. The molecule has 1 amide bonds. The molecular weight excluding hydrogens is 280 g/mol. The van der Waals surface area contributed by atoms with Gasteiger partial charge in [-0.2, -0.15) is 26.3 Å². The lowest BCUT2D eigenvalue weighted by Crippen LogP contribution is -2.55. The average Bonchev–Trinajstić information content (AvgIpc) is 2.08. The highest BCUT2D eigenvalue weighted by molar-refractivity contribution is 5.68. The van der Waals surface area contributed by atoms with Crippen LogP contribution in [0.25, 0.3) is 0 Å². The van der Waals surface area contributed by atoms with Crippen molar-refractivity contribution in [2.45, 2.75) is 52.2 Å². The van der Waals surface area contributed by atoms with E-state index in [0.717, 1.165) is 5.32 Å². The molecule has 0 aromatic heterocycles. The minimum absolute atomic E-state index is 0.608. The summed E-state index contributed by atoms with van der Waals surface area (Å²) in [6, 6.07) is -3.94. The number of nitrogens with one attached hydrogen (secondary N) is 1. The second kappa shape index (κ2) is 5.46. The summed E-state index contributed by atoms with van der Waals surface area (Å²) in [6.07, 6.45) is -13.9. The quantitative estimate of drug-likeness (QED) is 0.790. The van der Waals surface area contributed by atoms with E-state index in [2.05, 4.69) is 4.74 Å². The maximum atomic E-state index is 12.2. The van der Waals surface area contributed by atoms with E-state index in [9.17, 15) is 31.1 Å². The van der Waals surface area contributed by atoms with Crippen LogP contribution in [0, 0.1) is 5.41 Å². The van der Waals surface area contributed by atoms with E-state index < -0.39 is 36.0 Å². The lowest BCUT2D eigenvalue weighted by molar-refractivity contribution is -0.256. The van der Waals surface area contributed by atoms with Crippen LogP contribution in [0.1, 0.15) is 27.7 Å². The van der Waals surface area contributed by atoms with Crippen molar-refractivity contribution in [3.8, 4) is 0 Å². The predicted octanol–water partition coefficient (Wildman–Crippen LogP) is 3.64. The van der Waals surface area contributed by atoms with Gasteiger partial charge < -0.3 is 10.1 Å². The third-order valence-corrected chi connectivity index (χ3v) is 2.42. The SMILES string of the molecule is CC(OC(=O)NC(C(F)(F)F)C(F)(F)F)C(C)(C)C. The van der Waals surface area contributed by atoms with Gasteiger partial charge in [0, 0.05) is 0 Å². The zero-order valence-electron chi connectivity index (χ0n) is 10.7. The number of hydrogen-bond donors (Lipinski definition) is 1. The van der Waals surface area contributed by atoms with Crippen LogP contribution in [-0.4, -0.2) is 30.6 Å². The third kappa shape index (κ3) is 6.02. The Morgan fingerprint density at radius 3 is 1.63 bits per heavy atom. The Morgan fingerprint density at radius 1 is 1.00 bits per heavy atom. The van der Waals surface area contributed by atoms with Crippen LogP contribution >= 0.6 is 0 Å². The van der Waals surface area contributed by atoms with Crippen LogP contribution in [0.15, 0.2) is 0 Å². The summed E-state index contributed by atoms with van der Waals surface area (Å²) in [7, 11) is 0. The number of carbonyl (C=O) groups is 1. The summed E-state index contributed by atoms with van der Waals surface area (Å²) >= 11 is 0. The molecule has 0 aromatic carbocycles. The van der Waals surface area contributed by atoms with E-state index in [0.29, 0.717) is 0 Å². The van der Waals surface area contributed by atoms with Crippen molar-refractivity contribution in [1.82, 2.24) is 5.32 Å². The lowest BCUT2D eigenvalue weighted by atomic mass is 9.90. The molecule has 3 nitrogen and oxygen atoms in total. The standard InChI is InChI=1S/C10H15F6NO2/c1-5(8(2,3)4)19-7(18)17-6(9(11,12)13)10(14,15)16/h5-6H,1-4H3,(H,17,18). The van der Waals surface area contributed by atoms with E-state index >= 15 is 0 Å². The van der Waals surface area contributed by atoms with Crippen LogP contribution in [0.3, 0.4) is 0 Å². The van der Waals surface area contributed by atoms with Crippen LogP contribution in [-0.2, 0) is 4.74 Å². The first-order valence-electron chi connectivity index (χ1n) is 5.26. The van der Waals surface area contributed by atoms with Crippen molar-refractivity contribution < 1.29 is 35.9 Å². The fourth-order valence-electron chi connectivity index (χ4n) is 0.838. The molecule has 0 spiro atoms. The maximum Gasteiger partial charge on any atom is 0.417 e. The van der Waals surface area contributed by atoms with Gasteiger partial charge in [0.05, 0.1) is 0 Å². The predicted molar refractivity (Wildman–Crippen MR) is 54.4 cm³/mol. The van der Waals surface area contributed by atoms with E-state index in [1.165, 1.54) is 6.92 Å². The summed E-state index contributed by atoms with van der Waals surface area (Å²) in [5.41, 5.74) is -0.608. The summed E-state index contributed by atoms with van der Waals surface area (Å²) in [4.78, 5) is 11.1. The van der Waals surface area contributed by atoms with Gasteiger partial charge in [-0.1, -0.05) is 20.8 Å². The molecule has 0 radical (unpaired) electrons. The van der Waals surface area contributed by atoms with Gasteiger partial charge in [0.15, 0.2) is 0 Å². The molecule has 0 aliphatic heterocycles. The Morgan fingerprint density at radius 2 is 1.37 bits per heavy atom. The molecule has 0 saturated carbocycles. The number of alkyl halides is 6. The number of amides is 1. The maximum absolute atomic E-state index is 12.2. The fourth-order valence-corrected chi connectivity index (χ4v) is 0.838. The number of rotatable bonds is 2. The fraction of sp³-hybridized carbons (Fsp3) is 0.900. The van der Waals surface area contributed by atoms with Crippen molar-refractivity contribution >= 4 is 6.09 Å². The monoisotopic (exact) mass is 295 g/mol. The summed E-state index contributed by atoms with van der Waals surface area (Å²) in [5, 5.41) is 0.789. The lowest BCUT2D eigenvalue weighted by Gasteiger charge is -2.29. The van der Waals surface area contributed by atoms with Gasteiger partial charge >= 0.3 is 18.4 Å². The molecule has 0 aromatic rings. The summed E-state index contributed by atoms with van der Waals surface area (Å²) in [5.74, 6) is 0. The van der Waals surface area contributed by atoms with Gasteiger partial charge in [0.1, 0.15) is 6.10 Å². The highest BCUT2D eigenvalue weighted by Crippen LogP contribution is 2.33. The van der Waals surface area contributed by atoms with Crippen LogP contribution in [0.4, 0.5) is 31.1 Å². The largest absolute Gasteiger partial charge is 0.446 e. The van der Waals surface area contributed by atoms with Gasteiger partial charge in [-0.3, -0.25) is 0 Å². The van der Waals surface area contributed by atoms with Gasteiger partial charge in [-0.15, -0.1) is 0 Å². The molecule has 114 valence electrons. The van der Waals surface area contributed by atoms with Crippen molar-refractivity contribution in [1.29, 1.82) is 0 Å². The van der Waals surface area contributed by atoms with Crippen LogP contribution in [0.5, 0.6) is 0 Å². The Hall–Kier alpha value is -1.15. The number of hydrogen-bond acceptors (Lipinski definition) is 2. The molecule has 1 atom stereocenters. The number of ether oxygens (including phenoxy) is 1. The molecule has 0 saturated heterocycles. The molecule has 0 aliphatic carbocycles. The van der Waals surface area contributed by atoms with Gasteiger partial charge in [0.25, 0.3) is 0 Å². The third-order valence-electron chi connectivity index (χ3n) is 2.42. The number of carbonyl (C=O) groups excluding carboxylic acids is 1. The van der Waals surface area contributed by atoms with E-state index in [-0.39, 0.29) is 0 Å². The van der Waals surface area contributed by atoms with E-state index in [1.807, 2.05) is 0 Å².